The first-order valence-corrected chi connectivity index (χ1v) is 8.87. The number of carbonyl (C=O) groups excluding carboxylic acids is 1. The van der Waals surface area contributed by atoms with E-state index >= 15 is 0 Å². The van der Waals surface area contributed by atoms with Crippen LogP contribution in [0.5, 0.6) is 0 Å². The summed E-state index contributed by atoms with van der Waals surface area (Å²) in [6.07, 6.45) is 0.975. The second-order valence-electron chi connectivity index (χ2n) is 5.27. The molecule has 1 aromatic heterocycles. The standard InChI is InChI=1S/C18H18ClNO2S/c1-2-10-22-11-9-20-18(21)17-16(19)15-13-6-4-3-5-12(13)7-8-14(15)23-17/h3-8H,2,9-11H2,1H3,(H,20,21). The molecule has 0 aliphatic rings. The third kappa shape index (κ3) is 3.34. The largest absolute Gasteiger partial charge is 0.380 e. The zero-order valence-electron chi connectivity index (χ0n) is 12.9. The van der Waals surface area contributed by atoms with Gasteiger partial charge in [0.05, 0.1) is 11.6 Å². The topological polar surface area (TPSA) is 38.3 Å². The van der Waals surface area contributed by atoms with E-state index in [1.807, 2.05) is 30.3 Å². The Hall–Kier alpha value is -1.62. The van der Waals surface area contributed by atoms with Crippen molar-refractivity contribution < 1.29 is 9.53 Å². The quantitative estimate of drug-likeness (QED) is 0.646. The molecule has 120 valence electrons. The van der Waals surface area contributed by atoms with Gasteiger partial charge in [-0.1, -0.05) is 48.9 Å². The summed E-state index contributed by atoms with van der Waals surface area (Å²) in [4.78, 5) is 12.9. The number of thiophene rings is 1. The fourth-order valence-electron chi connectivity index (χ4n) is 2.54. The predicted octanol–water partition coefficient (Wildman–Crippen LogP) is 4.86. The molecule has 1 N–H and O–H groups in total. The minimum Gasteiger partial charge on any atom is -0.380 e. The van der Waals surface area contributed by atoms with Gasteiger partial charge in [-0.2, -0.15) is 0 Å². The number of hydrogen-bond acceptors (Lipinski definition) is 3. The van der Waals surface area contributed by atoms with Crippen LogP contribution < -0.4 is 5.32 Å². The van der Waals surface area contributed by atoms with E-state index in [-0.39, 0.29) is 5.91 Å². The summed E-state index contributed by atoms with van der Waals surface area (Å²) in [6.45, 7) is 3.78. The Morgan fingerprint density at radius 2 is 2.04 bits per heavy atom. The number of halogens is 1. The summed E-state index contributed by atoms with van der Waals surface area (Å²) in [5.74, 6) is -0.139. The highest BCUT2D eigenvalue weighted by atomic mass is 35.5. The minimum absolute atomic E-state index is 0.139. The van der Waals surface area contributed by atoms with Crippen molar-refractivity contribution in [2.45, 2.75) is 13.3 Å². The molecule has 3 rings (SSSR count). The van der Waals surface area contributed by atoms with Crippen LogP contribution in [0.1, 0.15) is 23.0 Å². The van der Waals surface area contributed by atoms with Crippen molar-refractivity contribution in [3.05, 3.63) is 46.3 Å². The van der Waals surface area contributed by atoms with Gasteiger partial charge < -0.3 is 10.1 Å². The van der Waals surface area contributed by atoms with Crippen molar-refractivity contribution in [1.29, 1.82) is 0 Å². The highest BCUT2D eigenvalue weighted by Gasteiger charge is 2.18. The third-order valence-corrected chi connectivity index (χ3v) is 5.25. The van der Waals surface area contributed by atoms with E-state index in [4.69, 9.17) is 16.3 Å². The van der Waals surface area contributed by atoms with E-state index in [1.54, 1.807) is 0 Å². The molecule has 2 aromatic carbocycles. The fourth-order valence-corrected chi connectivity index (χ4v) is 4.03. The van der Waals surface area contributed by atoms with Crippen LogP contribution in [-0.2, 0) is 4.74 Å². The van der Waals surface area contributed by atoms with Crippen LogP contribution >= 0.6 is 22.9 Å². The number of benzene rings is 2. The predicted molar refractivity (Wildman–Crippen MR) is 97.8 cm³/mol. The minimum atomic E-state index is -0.139. The average molecular weight is 348 g/mol. The summed E-state index contributed by atoms with van der Waals surface area (Å²) < 4.78 is 6.40. The molecule has 0 bridgehead atoms. The van der Waals surface area contributed by atoms with Crippen molar-refractivity contribution in [3.8, 4) is 0 Å². The number of rotatable bonds is 6. The molecule has 3 nitrogen and oxygen atoms in total. The summed E-state index contributed by atoms with van der Waals surface area (Å²) in [5.41, 5.74) is 0. The average Bonchev–Trinajstić information content (AvgIpc) is 2.92. The van der Waals surface area contributed by atoms with Crippen LogP contribution in [0.15, 0.2) is 36.4 Å². The van der Waals surface area contributed by atoms with E-state index < -0.39 is 0 Å². The molecule has 0 saturated carbocycles. The molecule has 0 atom stereocenters. The van der Waals surface area contributed by atoms with Crippen molar-refractivity contribution >= 4 is 49.7 Å². The monoisotopic (exact) mass is 347 g/mol. The van der Waals surface area contributed by atoms with Gasteiger partial charge in [0.1, 0.15) is 4.88 Å². The highest BCUT2D eigenvalue weighted by molar-refractivity contribution is 7.21. The molecule has 0 fully saturated rings. The lowest BCUT2D eigenvalue weighted by Crippen LogP contribution is -2.26. The van der Waals surface area contributed by atoms with Gasteiger partial charge in [-0.15, -0.1) is 11.3 Å². The molecule has 1 heterocycles. The summed E-state index contributed by atoms with van der Waals surface area (Å²) in [7, 11) is 0. The Morgan fingerprint density at radius 3 is 2.87 bits per heavy atom. The summed E-state index contributed by atoms with van der Waals surface area (Å²) >= 11 is 7.94. The molecule has 23 heavy (non-hydrogen) atoms. The Labute approximate surface area is 144 Å². The van der Waals surface area contributed by atoms with Crippen LogP contribution in [0.3, 0.4) is 0 Å². The van der Waals surface area contributed by atoms with Gasteiger partial charge in [-0.3, -0.25) is 4.79 Å². The number of nitrogens with one attached hydrogen (secondary N) is 1. The van der Waals surface area contributed by atoms with Gasteiger partial charge in [0, 0.05) is 23.2 Å². The number of fused-ring (bicyclic) bond motifs is 3. The van der Waals surface area contributed by atoms with Crippen molar-refractivity contribution in [3.63, 3.8) is 0 Å². The van der Waals surface area contributed by atoms with E-state index in [0.717, 1.165) is 27.3 Å². The summed E-state index contributed by atoms with van der Waals surface area (Å²) in [6, 6.07) is 12.2. The lowest BCUT2D eigenvalue weighted by molar-refractivity contribution is 0.0919. The second-order valence-corrected chi connectivity index (χ2v) is 6.70. The van der Waals surface area contributed by atoms with Gasteiger partial charge in [-0.25, -0.2) is 0 Å². The zero-order valence-corrected chi connectivity index (χ0v) is 14.5. The molecular formula is C18H18ClNO2S. The molecule has 1 amide bonds. The molecular weight excluding hydrogens is 330 g/mol. The second kappa shape index (κ2) is 7.30. The molecule has 0 aliphatic heterocycles. The molecule has 0 spiro atoms. The molecule has 0 unspecified atom stereocenters. The van der Waals surface area contributed by atoms with E-state index in [0.29, 0.717) is 29.7 Å². The molecule has 5 heteroatoms. The van der Waals surface area contributed by atoms with Crippen LogP contribution in [-0.4, -0.2) is 25.7 Å². The van der Waals surface area contributed by atoms with Gasteiger partial charge in [-0.05, 0) is 23.3 Å². The SMILES string of the molecule is CCCOCCNC(=O)c1sc2ccc3ccccc3c2c1Cl. The lowest BCUT2D eigenvalue weighted by atomic mass is 10.1. The maximum Gasteiger partial charge on any atom is 0.263 e. The maximum atomic E-state index is 12.4. The van der Waals surface area contributed by atoms with Crippen LogP contribution in [0.25, 0.3) is 20.9 Å². The first-order chi connectivity index (χ1) is 11.2. The molecule has 0 radical (unpaired) electrons. The van der Waals surface area contributed by atoms with Gasteiger partial charge >= 0.3 is 0 Å². The Morgan fingerprint density at radius 1 is 1.22 bits per heavy atom. The molecule has 0 aliphatic carbocycles. The van der Waals surface area contributed by atoms with Gasteiger partial charge in [0.15, 0.2) is 0 Å². The number of carbonyl (C=O) groups is 1. The van der Waals surface area contributed by atoms with E-state index in [9.17, 15) is 4.79 Å². The van der Waals surface area contributed by atoms with Gasteiger partial charge in [0.25, 0.3) is 5.91 Å². The first-order valence-electron chi connectivity index (χ1n) is 7.68. The van der Waals surface area contributed by atoms with E-state index in [1.165, 1.54) is 11.3 Å². The van der Waals surface area contributed by atoms with Crippen LogP contribution in [0, 0.1) is 0 Å². The highest BCUT2D eigenvalue weighted by Crippen LogP contribution is 2.39. The third-order valence-electron chi connectivity index (χ3n) is 3.61. The normalized spacial score (nSPS) is 11.2. The number of amides is 1. The van der Waals surface area contributed by atoms with Crippen molar-refractivity contribution in [2.75, 3.05) is 19.8 Å². The Balaban J connectivity index is 1.86. The smallest absolute Gasteiger partial charge is 0.263 e. The molecule has 3 aromatic rings. The van der Waals surface area contributed by atoms with E-state index in [2.05, 4.69) is 18.3 Å². The first kappa shape index (κ1) is 16.2. The molecule has 0 saturated heterocycles. The Kier molecular flexibility index (Phi) is 5.16. The van der Waals surface area contributed by atoms with Gasteiger partial charge in [0.2, 0.25) is 0 Å². The van der Waals surface area contributed by atoms with Crippen molar-refractivity contribution in [1.82, 2.24) is 5.32 Å². The summed E-state index contributed by atoms with van der Waals surface area (Å²) in [5, 5.41) is 6.57. The number of ether oxygens (including phenoxy) is 1. The fraction of sp³-hybridized carbons (Fsp3) is 0.278. The maximum absolute atomic E-state index is 12.4. The van der Waals surface area contributed by atoms with Crippen LogP contribution in [0.2, 0.25) is 5.02 Å². The zero-order chi connectivity index (χ0) is 16.2. The van der Waals surface area contributed by atoms with Crippen LogP contribution in [0.4, 0.5) is 0 Å². The number of hydrogen-bond donors (Lipinski definition) is 1. The Bertz CT molecular complexity index is 844. The lowest BCUT2D eigenvalue weighted by Gasteiger charge is -2.04. The van der Waals surface area contributed by atoms with Crippen molar-refractivity contribution in [2.24, 2.45) is 0 Å².